The van der Waals surface area contributed by atoms with Crippen LogP contribution in [-0.2, 0) is 0 Å². The Morgan fingerprint density at radius 3 is 2.39 bits per heavy atom. The lowest BCUT2D eigenvalue weighted by atomic mass is 9.57. The summed E-state index contributed by atoms with van der Waals surface area (Å²) < 4.78 is 0. The van der Waals surface area contributed by atoms with Crippen LogP contribution < -0.4 is 5.73 Å². The van der Waals surface area contributed by atoms with E-state index in [1.807, 2.05) is 35.7 Å². The minimum atomic E-state index is -1.53. The van der Waals surface area contributed by atoms with Crippen LogP contribution in [0.3, 0.4) is 0 Å². The van der Waals surface area contributed by atoms with Crippen molar-refractivity contribution in [1.29, 1.82) is 15.8 Å². The van der Waals surface area contributed by atoms with Crippen molar-refractivity contribution in [2.45, 2.75) is 24.7 Å². The number of fused-ring (bicyclic) bond motifs is 1. The molecule has 2 aromatic rings. The zero-order valence-electron chi connectivity index (χ0n) is 15.2. The maximum atomic E-state index is 10.1. The van der Waals surface area contributed by atoms with Gasteiger partial charge in [0.25, 0.3) is 0 Å². The molecule has 2 aliphatic rings. The zero-order chi connectivity index (χ0) is 19.7. The second-order valence-corrected chi connectivity index (χ2v) is 8.25. The summed E-state index contributed by atoms with van der Waals surface area (Å²) in [4.78, 5) is 0.965. The molecule has 2 aliphatic carbocycles. The third-order valence-corrected chi connectivity index (χ3v) is 6.95. The standard InChI is InChI=1S/C23H18N4S/c24-12-19-17-9-8-16(15-5-2-1-3-6-15)11-18(17)21(20-7-4-10-28-20)23(13-25,14-26)22(19)27/h1-7,9-10,16,18,21H,8,11,27H2/t16?,18-,21-/m1/s1. The number of nitriles is 3. The third-order valence-electron chi connectivity index (χ3n) is 6.00. The van der Waals surface area contributed by atoms with E-state index in [1.54, 1.807) is 0 Å². The smallest absolute Gasteiger partial charge is 0.192 e. The Balaban J connectivity index is 1.91. The number of thiophene rings is 1. The molecule has 5 heteroatoms. The van der Waals surface area contributed by atoms with Crippen LogP contribution in [0.15, 0.2) is 70.8 Å². The molecule has 1 aromatic heterocycles. The monoisotopic (exact) mass is 382 g/mol. The zero-order valence-corrected chi connectivity index (χ0v) is 16.0. The van der Waals surface area contributed by atoms with Gasteiger partial charge in [-0.05, 0) is 47.3 Å². The molecule has 136 valence electrons. The molecule has 4 nitrogen and oxygen atoms in total. The summed E-state index contributed by atoms with van der Waals surface area (Å²) in [6.45, 7) is 0. The van der Waals surface area contributed by atoms with E-state index in [0.717, 1.165) is 23.3 Å². The summed E-state index contributed by atoms with van der Waals surface area (Å²) in [5, 5.41) is 31.8. The van der Waals surface area contributed by atoms with Gasteiger partial charge >= 0.3 is 0 Å². The molecule has 28 heavy (non-hydrogen) atoms. The fraction of sp³-hybridized carbons (Fsp3) is 0.261. The van der Waals surface area contributed by atoms with Crippen molar-refractivity contribution >= 4 is 11.3 Å². The predicted octanol–water partition coefficient (Wildman–Crippen LogP) is 4.74. The van der Waals surface area contributed by atoms with Crippen molar-refractivity contribution in [3.8, 4) is 18.2 Å². The molecule has 0 bridgehead atoms. The minimum Gasteiger partial charge on any atom is -0.399 e. The molecule has 0 saturated carbocycles. The first-order valence-corrected chi connectivity index (χ1v) is 10.1. The van der Waals surface area contributed by atoms with Gasteiger partial charge in [-0.1, -0.05) is 42.5 Å². The summed E-state index contributed by atoms with van der Waals surface area (Å²) in [6, 6.07) is 20.7. The number of hydrogen-bond donors (Lipinski definition) is 1. The molecular weight excluding hydrogens is 364 g/mol. The van der Waals surface area contributed by atoms with Crippen LogP contribution in [0.4, 0.5) is 0 Å². The number of hydrogen-bond acceptors (Lipinski definition) is 5. The fourth-order valence-electron chi connectivity index (χ4n) is 4.66. The first kappa shape index (κ1) is 18.1. The second kappa shape index (κ2) is 7.01. The SMILES string of the molecule is N#CC1=C(N)C(C#N)(C#N)[C@@H](c2cccs2)[C@@H]2CC(c3ccccc3)CC=C12. The van der Waals surface area contributed by atoms with E-state index in [0.29, 0.717) is 5.57 Å². The fourth-order valence-corrected chi connectivity index (χ4v) is 5.62. The van der Waals surface area contributed by atoms with Crippen LogP contribution in [-0.4, -0.2) is 0 Å². The van der Waals surface area contributed by atoms with E-state index in [2.05, 4.69) is 36.4 Å². The van der Waals surface area contributed by atoms with Crippen LogP contribution in [0.2, 0.25) is 0 Å². The largest absolute Gasteiger partial charge is 0.399 e. The van der Waals surface area contributed by atoms with Crippen molar-refractivity contribution < 1.29 is 0 Å². The molecule has 0 radical (unpaired) electrons. The van der Waals surface area contributed by atoms with Gasteiger partial charge in [-0.2, -0.15) is 15.8 Å². The summed E-state index contributed by atoms with van der Waals surface area (Å²) in [5.74, 6) is -0.192. The first-order valence-electron chi connectivity index (χ1n) is 9.18. The summed E-state index contributed by atoms with van der Waals surface area (Å²) in [5.41, 5.74) is 7.33. The number of nitrogens with two attached hydrogens (primary N) is 1. The Kier molecular flexibility index (Phi) is 4.52. The van der Waals surface area contributed by atoms with Gasteiger partial charge in [0.2, 0.25) is 0 Å². The average molecular weight is 382 g/mol. The molecule has 2 N–H and O–H groups in total. The van der Waals surface area contributed by atoms with Gasteiger partial charge < -0.3 is 5.73 Å². The number of nitrogens with zero attached hydrogens (tertiary/aromatic N) is 3. The molecule has 0 aliphatic heterocycles. The maximum Gasteiger partial charge on any atom is 0.192 e. The van der Waals surface area contributed by atoms with Crippen LogP contribution in [0.5, 0.6) is 0 Å². The molecule has 0 fully saturated rings. The lowest BCUT2D eigenvalue weighted by Gasteiger charge is -2.44. The van der Waals surface area contributed by atoms with Crippen LogP contribution >= 0.6 is 11.3 Å². The van der Waals surface area contributed by atoms with Crippen molar-refractivity contribution in [1.82, 2.24) is 0 Å². The predicted molar refractivity (Wildman–Crippen MR) is 108 cm³/mol. The molecule has 0 saturated heterocycles. The Labute approximate surface area is 168 Å². The normalized spacial score (nSPS) is 25.6. The maximum absolute atomic E-state index is 10.1. The van der Waals surface area contributed by atoms with Crippen molar-refractivity contribution in [3.05, 3.63) is 81.2 Å². The number of allylic oxidation sites excluding steroid dienone is 4. The molecule has 0 amide bonds. The summed E-state index contributed by atoms with van der Waals surface area (Å²) in [7, 11) is 0. The average Bonchev–Trinajstić information content (AvgIpc) is 3.27. The van der Waals surface area contributed by atoms with E-state index in [4.69, 9.17) is 5.73 Å². The molecule has 1 heterocycles. The van der Waals surface area contributed by atoms with Crippen molar-refractivity contribution in [3.63, 3.8) is 0 Å². The van der Waals surface area contributed by atoms with Crippen LogP contribution in [0, 0.1) is 45.3 Å². The van der Waals surface area contributed by atoms with Crippen molar-refractivity contribution in [2.75, 3.05) is 0 Å². The minimum absolute atomic E-state index is 0.0964. The summed E-state index contributed by atoms with van der Waals surface area (Å²) >= 11 is 1.54. The van der Waals surface area contributed by atoms with Crippen molar-refractivity contribution in [2.24, 2.45) is 17.1 Å². The van der Waals surface area contributed by atoms with Gasteiger partial charge in [0.05, 0.1) is 23.4 Å². The highest BCUT2D eigenvalue weighted by Gasteiger charge is 2.54. The van der Waals surface area contributed by atoms with E-state index in [1.165, 1.54) is 16.9 Å². The van der Waals surface area contributed by atoms with Crippen LogP contribution in [0.25, 0.3) is 0 Å². The lowest BCUT2D eigenvalue weighted by molar-refractivity contribution is 0.307. The Bertz CT molecular complexity index is 1060. The Hall–Kier alpha value is -3.33. The van der Waals surface area contributed by atoms with Crippen LogP contribution in [0.1, 0.15) is 35.1 Å². The van der Waals surface area contributed by atoms with Gasteiger partial charge in [-0.3, -0.25) is 0 Å². The van der Waals surface area contributed by atoms with Gasteiger partial charge in [0.15, 0.2) is 5.41 Å². The Morgan fingerprint density at radius 1 is 1.04 bits per heavy atom. The molecule has 3 atom stereocenters. The molecule has 1 unspecified atom stereocenters. The highest BCUT2D eigenvalue weighted by Crippen LogP contribution is 2.58. The number of benzene rings is 1. The summed E-state index contributed by atoms with van der Waals surface area (Å²) in [6.07, 6.45) is 3.69. The van der Waals surface area contributed by atoms with E-state index in [-0.39, 0.29) is 23.5 Å². The van der Waals surface area contributed by atoms with E-state index >= 15 is 0 Å². The molecule has 4 rings (SSSR count). The second-order valence-electron chi connectivity index (χ2n) is 7.27. The first-order chi connectivity index (χ1) is 13.7. The molecular formula is C23H18N4S. The quantitative estimate of drug-likeness (QED) is 0.811. The van der Waals surface area contributed by atoms with Gasteiger partial charge in [-0.15, -0.1) is 11.3 Å². The van der Waals surface area contributed by atoms with Gasteiger partial charge in [-0.25, -0.2) is 0 Å². The highest BCUT2D eigenvalue weighted by atomic mass is 32.1. The Morgan fingerprint density at radius 2 is 1.79 bits per heavy atom. The third kappa shape index (κ3) is 2.55. The van der Waals surface area contributed by atoms with E-state index < -0.39 is 5.41 Å². The highest BCUT2D eigenvalue weighted by molar-refractivity contribution is 7.10. The van der Waals surface area contributed by atoms with Gasteiger partial charge in [0.1, 0.15) is 6.07 Å². The lowest BCUT2D eigenvalue weighted by Crippen LogP contribution is -2.43. The van der Waals surface area contributed by atoms with Gasteiger partial charge in [0, 0.05) is 10.8 Å². The number of rotatable bonds is 2. The van der Waals surface area contributed by atoms with E-state index in [9.17, 15) is 15.8 Å². The topological polar surface area (TPSA) is 97.4 Å². The molecule has 1 aromatic carbocycles. The molecule has 0 spiro atoms.